The van der Waals surface area contributed by atoms with Crippen molar-refractivity contribution in [2.75, 3.05) is 6.61 Å². The zero-order valence-corrected chi connectivity index (χ0v) is 15.1. The summed E-state index contributed by atoms with van der Waals surface area (Å²) in [5, 5.41) is 4.15. The summed E-state index contributed by atoms with van der Waals surface area (Å²) in [5.41, 5.74) is 0.0235. The van der Waals surface area contributed by atoms with Crippen molar-refractivity contribution in [2.24, 2.45) is 0 Å². The summed E-state index contributed by atoms with van der Waals surface area (Å²) in [7, 11) is 0. The Balaban J connectivity index is 2.07. The van der Waals surface area contributed by atoms with Gasteiger partial charge in [0.15, 0.2) is 10.8 Å². The first-order valence-electron chi connectivity index (χ1n) is 7.81. The quantitative estimate of drug-likeness (QED) is 0.797. The lowest BCUT2D eigenvalue weighted by Crippen LogP contribution is -2.36. The molecule has 0 radical (unpaired) electrons. The molecule has 0 saturated heterocycles. The van der Waals surface area contributed by atoms with Crippen LogP contribution in [0.5, 0.6) is 11.6 Å². The monoisotopic (exact) mass is 351 g/mol. The van der Waals surface area contributed by atoms with E-state index in [-0.39, 0.29) is 22.9 Å². The van der Waals surface area contributed by atoms with Crippen LogP contribution >= 0.6 is 11.6 Å². The summed E-state index contributed by atoms with van der Waals surface area (Å²) in [6.45, 7) is 8.55. The lowest BCUT2D eigenvalue weighted by atomic mass is 10.1. The third kappa shape index (κ3) is 4.47. The molecule has 0 aliphatic rings. The molecule has 7 heteroatoms. The van der Waals surface area contributed by atoms with Gasteiger partial charge in [0.25, 0.3) is 5.56 Å². The highest BCUT2D eigenvalue weighted by Gasteiger charge is 2.19. The minimum Gasteiger partial charge on any atom is -0.485 e. The van der Waals surface area contributed by atoms with Crippen molar-refractivity contribution in [3.63, 3.8) is 0 Å². The van der Waals surface area contributed by atoms with Crippen LogP contribution in [0.2, 0.25) is 5.02 Å². The maximum absolute atomic E-state index is 12.3. The van der Waals surface area contributed by atoms with Gasteiger partial charge in [0, 0.05) is 17.8 Å². The van der Waals surface area contributed by atoms with Gasteiger partial charge in [-0.15, -0.1) is 0 Å². The van der Waals surface area contributed by atoms with Crippen molar-refractivity contribution in [3.05, 3.63) is 45.5 Å². The molecular weight excluding hydrogens is 330 g/mol. The molecule has 0 N–H and O–H groups in total. The van der Waals surface area contributed by atoms with E-state index in [1.54, 1.807) is 12.3 Å². The lowest BCUT2D eigenvalue weighted by molar-refractivity contribution is 0.289. The van der Waals surface area contributed by atoms with E-state index in [2.05, 4.69) is 10.1 Å². The van der Waals surface area contributed by atoms with Gasteiger partial charge in [-0.05, 0) is 33.3 Å². The Morgan fingerprint density at radius 3 is 2.54 bits per heavy atom. The number of pyridine rings is 1. The number of aromatic nitrogens is 3. The van der Waals surface area contributed by atoms with Crippen molar-refractivity contribution in [1.82, 2.24) is 14.8 Å². The molecule has 0 bridgehead atoms. The minimum atomic E-state index is -0.447. The molecule has 0 aliphatic heterocycles. The Hall–Kier alpha value is -2.08. The molecule has 0 spiro atoms. The van der Waals surface area contributed by atoms with Gasteiger partial charge < -0.3 is 9.47 Å². The molecule has 0 aromatic carbocycles. The minimum absolute atomic E-state index is 0.0239. The zero-order chi connectivity index (χ0) is 17.7. The van der Waals surface area contributed by atoms with Crippen molar-refractivity contribution in [1.29, 1.82) is 0 Å². The Kier molecular flexibility index (Phi) is 5.83. The van der Waals surface area contributed by atoms with E-state index in [0.29, 0.717) is 12.5 Å². The zero-order valence-electron chi connectivity index (χ0n) is 14.4. The molecule has 130 valence electrons. The summed E-state index contributed by atoms with van der Waals surface area (Å²) < 4.78 is 12.4. The van der Waals surface area contributed by atoms with E-state index in [1.165, 1.54) is 10.9 Å². The fourth-order valence-corrected chi connectivity index (χ4v) is 2.13. The smallest absolute Gasteiger partial charge is 0.289 e. The van der Waals surface area contributed by atoms with Gasteiger partial charge >= 0.3 is 0 Å². The van der Waals surface area contributed by atoms with E-state index < -0.39 is 5.54 Å². The van der Waals surface area contributed by atoms with Gasteiger partial charge in [-0.1, -0.05) is 18.5 Å². The Morgan fingerprint density at radius 1 is 1.21 bits per heavy atom. The molecular formula is C17H22ClN3O3. The van der Waals surface area contributed by atoms with Crippen LogP contribution in [0.25, 0.3) is 0 Å². The van der Waals surface area contributed by atoms with E-state index >= 15 is 0 Å². The summed E-state index contributed by atoms with van der Waals surface area (Å²) in [6, 6.07) is 3.64. The van der Waals surface area contributed by atoms with Crippen LogP contribution in [0, 0.1) is 0 Å². The summed E-state index contributed by atoms with van der Waals surface area (Å²) in [4.78, 5) is 16.5. The van der Waals surface area contributed by atoms with E-state index in [1.807, 2.05) is 33.8 Å². The van der Waals surface area contributed by atoms with Crippen LogP contribution in [0.4, 0.5) is 0 Å². The second-order valence-corrected chi connectivity index (χ2v) is 6.73. The van der Waals surface area contributed by atoms with Gasteiger partial charge in [-0.3, -0.25) is 4.79 Å². The predicted molar refractivity (Wildman–Crippen MR) is 92.9 cm³/mol. The summed E-state index contributed by atoms with van der Waals surface area (Å²) >= 11 is 6.12. The maximum atomic E-state index is 12.3. The fourth-order valence-electron chi connectivity index (χ4n) is 1.95. The molecule has 2 aromatic rings. The van der Waals surface area contributed by atoms with Crippen molar-refractivity contribution >= 4 is 11.6 Å². The Bertz CT molecular complexity index is 736. The van der Waals surface area contributed by atoms with E-state index in [0.717, 1.165) is 12.0 Å². The normalized spacial score (nSPS) is 11.4. The highest BCUT2D eigenvalue weighted by atomic mass is 35.5. The topological polar surface area (TPSA) is 66.2 Å². The van der Waals surface area contributed by atoms with Crippen molar-refractivity contribution in [3.8, 4) is 11.6 Å². The number of rotatable bonds is 6. The van der Waals surface area contributed by atoms with Gasteiger partial charge in [0.1, 0.15) is 6.61 Å². The standard InChI is InChI=1S/C17H22ClN3O3/c1-5-8-23-14-7-6-12(9-19-14)11-24-13-10-20-21(17(2,3)4)16(22)15(13)18/h6-7,9-10H,5,8,11H2,1-4H3. The molecule has 0 aliphatic carbocycles. The first-order chi connectivity index (χ1) is 11.3. The number of halogens is 1. The van der Waals surface area contributed by atoms with Gasteiger partial charge in [0.05, 0.1) is 18.3 Å². The van der Waals surface area contributed by atoms with Crippen LogP contribution in [0.15, 0.2) is 29.3 Å². The van der Waals surface area contributed by atoms with Crippen LogP contribution in [0.3, 0.4) is 0 Å². The average Bonchev–Trinajstić information content (AvgIpc) is 2.54. The first-order valence-corrected chi connectivity index (χ1v) is 8.19. The van der Waals surface area contributed by atoms with Crippen LogP contribution < -0.4 is 15.0 Å². The van der Waals surface area contributed by atoms with Crippen molar-refractivity contribution < 1.29 is 9.47 Å². The Morgan fingerprint density at radius 2 is 1.96 bits per heavy atom. The third-order valence-corrected chi connectivity index (χ3v) is 3.52. The molecule has 0 saturated carbocycles. The predicted octanol–water partition coefficient (Wildman–Crippen LogP) is 3.41. The number of nitrogens with zero attached hydrogens (tertiary/aromatic N) is 3. The molecule has 2 heterocycles. The first kappa shape index (κ1) is 18.3. The SMILES string of the molecule is CCCOc1ccc(COc2cnn(C(C)(C)C)c(=O)c2Cl)cn1. The second kappa shape index (κ2) is 7.66. The molecule has 24 heavy (non-hydrogen) atoms. The highest BCUT2D eigenvalue weighted by Crippen LogP contribution is 2.22. The van der Waals surface area contributed by atoms with Crippen molar-refractivity contribution in [2.45, 2.75) is 46.3 Å². The second-order valence-electron chi connectivity index (χ2n) is 6.35. The van der Waals surface area contributed by atoms with Crippen LogP contribution in [0.1, 0.15) is 39.7 Å². The molecule has 2 rings (SSSR count). The fraction of sp³-hybridized carbons (Fsp3) is 0.471. The summed E-state index contributed by atoms with van der Waals surface area (Å²) in [5.74, 6) is 0.835. The molecule has 2 aromatic heterocycles. The lowest BCUT2D eigenvalue weighted by Gasteiger charge is -2.21. The molecule has 6 nitrogen and oxygen atoms in total. The maximum Gasteiger partial charge on any atom is 0.289 e. The number of hydrogen-bond donors (Lipinski definition) is 0. The van der Waals surface area contributed by atoms with Crippen LogP contribution in [-0.4, -0.2) is 21.4 Å². The van der Waals surface area contributed by atoms with Gasteiger partial charge in [0.2, 0.25) is 5.88 Å². The van der Waals surface area contributed by atoms with Crippen LogP contribution in [-0.2, 0) is 12.1 Å². The molecule has 0 unspecified atom stereocenters. The molecule has 0 fully saturated rings. The highest BCUT2D eigenvalue weighted by molar-refractivity contribution is 6.31. The third-order valence-electron chi connectivity index (χ3n) is 3.17. The van der Waals surface area contributed by atoms with E-state index in [9.17, 15) is 4.79 Å². The Labute approximate surface area is 146 Å². The largest absolute Gasteiger partial charge is 0.485 e. The van der Waals surface area contributed by atoms with E-state index in [4.69, 9.17) is 21.1 Å². The number of hydrogen-bond acceptors (Lipinski definition) is 5. The average molecular weight is 352 g/mol. The molecule has 0 atom stereocenters. The number of ether oxygens (including phenoxy) is 2. The van der Waals surface area contributed by atoms with Gasteiger partial charge in [-0.2, -0.15) is 5.10 Å². The van der Waals surface area contributed by atoms with Gasteiger partial charge in [-0.25, -0.2) is 9.67 Å². The summed E-state index contributed by atoms with van der Waals surface area (Å²) in [6.07, 6.45) is 4.06. The molecule has 0 amide bonds.